The predicted octanol–water partition coefficient (Wildman–Crippen LogP) is 9.09. The van der Waals surface area contributed by atoms with Crippen molar-refractivity contribution < 1.29 is 90.6 Å². The first-order chi connectivity index (χ1) is 37.8. The number of rotatable bonds is 0. The van der Waals surface area contributed by atoms with Gasteiger partial charge in [0.15, 0.2) is 23.0 Å². The van der Waals surface area contributed by atoms with E-state index in [2.05, 4.69) is 0 Å². The monoisotopic (exact) mass is 1280 g/mol. The molecule has 4 aliphatic rings. The van der Waals surface area contributed by atoms with Gasteiger partial charge in [0.1, 0.15) is 49.4 Å². The fourth-order valence-corrected chi connectivity index (χ4v) is 9.67. The van der Waals surface area contributed by atoms with Crippen LogP contribution in [0.3, 0.4) is 0 Å². The first kappa shape index (κ1) is 56.7. The van der Waals surface area contributed by atoms with Crippen LogP contribution in [0.4, 0.5) is 0 Å². The Hall–Kier alpha value is -6.45. The van der Waals surface area contributed by atoms with Crippen LogP contribution in [-0.4, -0.2) is 124 Å². The summed E-state index contributed by atoms with van der Waals surface area (Å²) in [4.78, 5) is 9.76. The topological polar surface area (TPSA) is 214 Å². The third-order valence-corrected chi connectivity index (χ3v) is 13.5. The van der Waals surface area contributed by atoms with E-state index in [1.165, 1.54) is 0 Å². The summed E-state index contributed by atoms with van der Waals surface area (Å²) in [6.45, 7) is 3.50. The zero-order valence-electron chi connectivity index (χ0n) is 43.1. The van der Waals surface area contributed by atoms with E-state index in [9.17, 15) is 20.4 Å². The van der Waals surface area contributed by atoms with Gasteiger partial charge in [-0.2, -0.15) is 0 Å². The number of para-hydroxylation sites is 6. The van der Waals surface area contributed by atoms with Gasteiger partial charge in [0.05, 0.1) is 64.9 Å². The Morgan fingerprint density at radius 2 is 0.649 bits per heavy atom. The van der Waals surface area contributed by atoms with Gasteiger partial charge in [-0.15, -0.1) is 0 Å². The Bertz CT molecular complexity index is 2700. The summed E-state index contributed by atoms with van der Waals surface area (Å²) in [7, 11) is 0. The third kappa shape index (κ3) is 16.1. The molecular weight excluding hydrogens is 1210 g/mol. The molecule has 0 saturated heterocycles. The van der Waals surface area contributed by atoms with E-state index in [4.69, 9.17) is 52.4 Å². The summed E-state index contributed by atoms with van der Waals surface area (Å²) in [6, 6.07) is 34.2. The number of hydrogen-bond acceptors (Lipinski definition) is 16. The summed E-state index contributed by atoms with van der Waals surface area (Å²) in [5.74, 6) is 2.47. The molecule has 0 radical (unpaired) electrons. The van der Waals surface area contributed by atoms with Gasteiger partial charge in [-0.3, -0.25) is 9.98 Å². The van der Waals surface area contributed by atoms with Crippen LogP contribution in [0.25, 0.3) is 0 Å². The number of phenols is 4. The number of phenolic OH excluding ortho intramolecular Hbond substituents is 4. The van der Waals surface area contributed by atoms with Gasteiger partial charge in [-0.25, -0.2) is 0 Å². The van der Waals surface area contributed by atoms with Gasteiger partial charge >= 0.3 is 32.3 Å². The van der Waals surface area contributed by atoms with Crippen molar-refractivity contribution in [3.05, 3.63) is 165 Å². The summed E-state index contributed by atoms with van der Waals surface area (Å²) in [6.07, 6.45) is 8.76. The standard InChI is InChI=1S/C60H66N2O12.2O.U/c63-55-41-9-3-11-43(55)37-47-15-6-16-48-38-44-12-4-10-42(56(44)64)36-46-14-5-13-45(35-41)59(46)73-33-29-69-25-23-67-27-31-71-53-21-7-17-49(57(53)65)39-61-51-19-1-2-20-52(51)62-40-50-18-8-22-54(58(50)66)72-32-28-68-24-26-70-30-34-74-60(47)48;;;/h3-18,21-22,39-40,51-52,63-66H,1-2,19-20,23-38H2;;;/t51-,52+;;;. The molecule has 77 heavy (non-hydrogen) atoms. The van der Waals surface area contributed by atoms with E-state index in [1.807, 2.05) is 84.9 Å². The van der Waals surface area contributed by atoms with Crippen LogP contribution in [0.2, 0.25) is 0 Å². The molecule has 1 fully saturated rings. The average molecular weight is 1280 g/mol. The van der Waals surface area contributed by atoms with Gasteiger partial charge in [0, 0.05) is 49.2 Å². The number of aromatic hydroxyl groups is 4. The molecule has 2 atom stereocenters. The van der Waals surface area contributed by atoms with E-state index in [0.717, 1.165) is 70.2 Å². The van der Waals surface area contributed by atoms with Crippen molar-refractivity contribution in [2.45, 2.75) is 63.5 Å². The molecular formula is C60H66N2O14U. The number of benzene rings is 6. The van der Waals surface area contributed by atoms with E-state index < -0.39 is 27.8 Å². The van der Waals surface area contributed by atoms with Crippen LogP contribution in [0, 0.1) is 27.8 Å². The molecule has 0 aromatic heterocycles. The summed E-state index contributed by atoms with van der Waals surface area (Å²) < 4.78 is 65.5. The quantitative estimate of drug-likeness (QED) is 0.104. The molecule has 2 aliphatic carbocycles. The van der Waals surface area contributed by atoms with E-state index in [1.54, 1.807) is 36.7 Å². The van der Waals surface area contributed by atoms with Gasteiger partial charge < -0.3 is 58.3 Å². The maximum atomic E-state index is 11.9. The molecule has 1 saturated carbocycles. The van der Waals surface area contributed by atoms with Gasteiger partial charge in [0.2, 0.25) is 0 Å². The first-order valence-electron chi connectivity index (χ1n) is 26.1. The average Bonchev–Trinajstić information content (AvgIpc) is 3.43. The normalized spacial score (nSPS) is 18.2. The fourth-order valence-electron chi connectivity index (χ4n) is 9.67. The molecule has 0 amide bonds. The van der Waals surface area contributed by atoms with Crippen molar-refractivity contribution in [1.82, 2.24) is 0 Å². The van der Waals surface area contributed by atoms with E-state index in [0.29, 0.717) is 99.4 Å². The number of hydrogen-bond donors (Lipinski definition) is 4. The van der Waals surface area contributed by atoms with E-state index >= 15 is 0 Å². The molecule has 2 aliphatic heterocycles. The van der Waals surface area contributed by atoms with Gasteiger partial charge in [0.25, 0.3) is 0 Å². The molecule has 404 valence electrons. The third-order valence-electron chi connectivity index (χ3n) is 13.5. The molecule has 0 spiro atoms. The second kappa shape index (κ2) is 29.9. The molecule has 16 nitrogen and oxygen atoms in total. The van der Waals surface area contributed by atoms with Crippen molar-refractivity contribution in [2.75, 3.05) is 79.3 Å². The van der Waals surface area contributed by atoms with Crippen molar-refractivity contribution >= 4 is 12.4 Å². The zero-order chi connectivity index (χ0) is 53.6. The number of ether oxygens (including phenoxy) is 8. The van der Waals surface area contributed by atoms with Crippen molar-refractivity contribution in [3.8, 4) is 46.0 Å². The van der Waals surface area contributed by atoms with Crippen LogP contribution in [0.15, 0.2) is 119 Å². The molecule has 0 unspecified atom stereocenters. The van der Waals surface area contributed by atoms with Gasteiger partial charge in [-0.1, -0.05) is 97.8 Å². The number of nitrogens with zero attached hydrogens (tertiary/aromatic N) is 2. The van der Waals surface area contributed by atoms with Crippen LogP contribution < -0.4 is 18.9 Å². The number of aliphatic imine (C=N–C) groups is 2. The second-order valence-corrected chi connectivity index (χ2v) is 19.4. The summed E-state index contributed by atoms with van der Waals surface area (Å²) >= 11 is -2.51. The Morgan fingerprint density at radius 1 is 0.364 bits per heavy atom. The Morgan fingerprint density at radius 3 is 0.987 bits per heavy atom. The minimum absolute atomic E-state index is 0.000414. The molecule has 10 rings (SSSR count). The molecule has 17 heteroatoms. The van der Waals surface area contributed by atoms with Gasteiger partial charge in [-0.05, 0) is 81.6 Å². The van der Waals surface area contributed by atoms with Crippen molar-refractivity contribution in [3.63, 3.8) is 0 Å². The molecule has 4 N–H and O–H groups in total. The Kier molecular flexibility index (Phi) is 22.0. The molecule has 2 heterocycles. The first-order valence-corrected chi connectivity index (χ1v) is 29.5. The van der Waals surface area contributed by atoms with Crippen LogP contribution in [-0.2, 0) is 49.1 Å². The Labute approximate surface area is 463 Å². The number of fused-ring (bicyclic) bond motifs is 18. The van der Waals surface area contributed by atoms with Crippen LogP contribution in [0.5, 0.6) is 46.0 Å². The Balaban J connectivity index is 0.00000255. The minimum atomic E-state index is -2.51. The molecule has 14 bridgehead atoms. The fraction of sp³-hybridized carbons (Fsp3) is 0.367. The molecule has 6 aromatic carbocycles. The summed E-state index contributed by atoms with van der Waals surface area (Å²) in [5.41, 5.74) is 7.69. The zero-order valence-corrected chi connectivity index (χ0v) is 47.3. The van der Waals surface area contributed by atoms with E-state index in [-0.39, 0.29) is 74.7 Å². The maximum absolute atomic E-state index is 11.9. The molecule has 6 aromatic rings. The van der Waals surface area contributed by atoms with Crippen molar-refractivity contribution in [1.29, 1.82) is 0 Å². The SMILES string of the molecule is Oc1c2cccc1Cc1cccc3c1OCCOCCOCCOc1cccc(c1O)C=N[C@@H]1CCCC[C@@H]1N=Cc1cccc(c1O)OCCOCCOCCOc1c(cccc1Cc1cccc(c1O)C3)C2.[O]=[U]=[O]. The predicted molar refractivity (Wildman–Crippen MR) is 284 cm³/mol. The van der Waals surface area contributed by atoms with Crippen LogP contribution in [0.1, 0.15) is 81.3 Å². The summed E-state index contributed by atoms with van der Waals surface area (Å²) in [5, 5.41) is 46.0. The van der Waals surface area contributed by atoms with Crippen LogP contribution >= 0.6 is 0 Å². The second-order valence-electron chi connectivity index (χ2n) is 18.7. The van der Waals surface area contributed by atoms with Crippen molar-refractivity contribution in [2.24, 2.45) is 9.98 Å².